The molecule has 0 aliphatic carbocycles. The fourth-order valence-electron chi connectivity index (χ4n) is 0.528. The summed E-state index contributed by atoms with van der Waals surface area (Å²) in [5, 5.41) is 22.7. The minimum atomic E-state index is -0.662. The van der Waals surface area contributed by atoms with Gasteiger partial charge in [0.2, 0.25) is 5.71 Å². The molecule has 0 aliphatic heterocycles. The van der Waals surface area contributed by atoms with E-state index in [1.54, 1.807) is 6.07 Å². The number of nitriles is 1. The summed E-state index contributed by atoms with van der Waals surface area (Å²) in [7, 11) is 1.24. The summed E-state index contributed by atoms with van der Waals surface area (Å²) >= 11 is 0. The lowest BCUT2D eigenvalue weighted by Crippen LogP contribution is -2.35. The number of rotatable bonds is 4. The molecule has 0 aromatic carbocycles. The maximum atomic E-state index is 11.0. The third-order valence-corrected chi connectivity index (χ3v) is 1.06. The van der Waals surface area contributed by atoms with Crippen LogP contribution < -0.4 is 5.32 Å². The molecule has 72 valence electrons. The van der Waals surface area contributed by atoms with Crippen LogP contribution in [0.25, 0.3) is 0 Å². The Morgan fingerprint density at radius 3 is 2.85 bits per heavy atom. The lowest BCUT2D eigenvalue weighted by molar-refractivity contribution is -0.115. The fraction of sp³-hybridized carbons (Fsp3) is 0.571. The Hall–Kier alpha value is -1.61. The minimum absolute atomic E-state index is 0.0727. The Labute approximate surface area is 75.8 Å². The molecule has 0 spiro atoms. The van der Waals surface area contributed by atoms with Gasteiger partial charge < -0.3 is 15.3 Å². The molecule has 6 heteroatoms. The van der Waals surface area contributed by atoms with Gasteiger partial charge in [0.15, 0.2) is 0 Å². The van der Waals surface area contributed by atoms with E-state index in [2.05, 4.69) is 15.3 Å². The van der Waals surface area contributed by atoms with E-state index in [-0.39, 0.29) is 12.3 Å². The van der Waals surface area contributed by atoms with E-state index in [9.17, 15) is 4.79 Å². The second-order valence-electron chi connectivity index (χ2n) is 2.29. The highest BCUT2D eigenvalue weighted by Crippen LogP contribution is 1.81. The Kier molecular flexibility index (Phi) is 5.23. The van der Waals surface area contributed by atoms with Crippen LogP contribution in [0.15, 0.2) is 5.16 Å². The van der Waals surface area contributed by atoms with Gasteiger partial charge in [0.25, 0.3) is 5.91 Å². The molecule has 1 atom stereocenters. The van der Waals surface area contributed by atoms with Crippen molar-refractivity contribution in [3.05, 3.63) is 0 Å². The van der Waals surface area contributed by atoms with Gasteiger partial charge in [-0.3, -0.25) is 4.79 Å². The molecule has 0 aromatic heterocycles. The summed E-state index contributed by atoms with van der Waals surface area (Å²) < 4.78 is 0. The molecule has 0 radical (unpaired) electrons. The maximum Gasteiger partial charge on any atom is 0.284 e. The number of hydrogen-bond acceptors (Lipinski definition) is 5. The normalized spacial score (nSPS) is 12.9. The summed E-state index contributed by atoms with van der Waals surface area (Å²) in [5.41, 5.74) is -0.372. The van der Waals surface area contributed by atoms with Gasteiger partial charge >= 0.3 is 0 Å². The van der Waals surface area contributed by atoms with E-state index in [0.29, 0.717) is 0 Å². The standard InChI is InChI=1S/C7H11N3O3/c1-5(11)4-9-7(12)6(3-8)10-13-2/h5,11H,4H2,1-2H3,(H,9,12). The molecule has 1 amide bonds. The summed E-state index contributed by atoms with van der Waals surface area (Å²) in [6, 6.07) is 1.56. The topological polar surface area (TPSA) is 94.7 Å². The highest BCUT2D eigenvalue weighted by molar-refractivity contribution is 6.45. The van der Waals surface area contributed by atoms with Crippen LogP contribution in [-0.2, 0) is 9.63 Å². The largest absolute Gasteiger partial charge is 0.398 e. The van der Waals surface area contributed by atoms with Crippen molar-refractivity contribution in [2.24, 2.45) is 5.16 Å². The van der Waals surface area contributed by atoms with E-state index in [1.165, 1.54) is 14.0 Å². The van der Waals surface area contributed by atoms with Crippen LogP contribution in [0.5, 0.6) is 0 Å². The average molecular weight is 185 g/mol. The second-order valence-corrected chi connectivity index (χ2v) is 2.29. The van der Waals surface area contributed by atoms with Crippen LogP contribution in [0.1, 0.15) is 6.92 Å². The number of aliphatic hydroxyl groups is 1. The predicted octanol–water partition coefficient (Wildman–Crippen LogP) is -0.991. The molecule has 0 bridgehead atoms. The molecule has 0 aromatic rings. The van der Waals surface area contributed by atoms with Crippen molar-refractivity contribution in [1.82, 2.24) is 5.32 Å². The Morgan fingerprint density at radius 2 is 2.46 bits per heavy atom. The molecule has 0 rings (SSSR count). The lowest BCUT2D eigenvalue weighted by atomic mass is 10.3. The number of hydrogen-bond donors (Lipinski definition) is 2. The average Bonchev–Trinajstić information content (AvgIpc) is 2.10. The molecular weight excluding hydrogens is 174 g/mol. The van der Waals surface area contributed by atoms with Crippen LogP contribution in [0, 0.1) is 11.3 Å². The SMILES string of the molecule is CON=C(C#N)C(=O)NCC(C)O. The number of aliphatic hydroxyl groups excluding tert-OH is 1. The van der Waals surface area contributed by atoms with Gasteiger partial charge in [-0.05, 0) is 6.92 Å². The summed E-state index contributed by atoms with van der Waals surface area (Å²) in [6.45, 7) is 1.59. The van der Waals surface area contributed by atoms with Gasteiger partial charge in [0, 0.05) is 6.54 Å². The molecule has 13 heavy (non-hydrogen) atoms. The summed E-state index contributed by atoms with van der Waals surface area (Å²) in [4.78, 5) is 15.3. The minimum Gasteiger partial charge on any atom is -0.398 e. The van der Waals surface area contributed by atoms with Crippen LogP contribution in [-0.4, -0.2) is 36.5 Å². The van der Waals surface area contributed by atoms with Gasteiger partial charge in [-0.25, -0.2) is 0 Å². The second kappa shape index (κ2) is 5.97. The predicted molar refractivity (Wildman–Crippen MR) is 44.7 cm³/mol. The van der Waals surface area contributed by atoms with Gasteiger partial charge in [-0.15, -0.1) is 0 Å². The molecule has 0 saturated heterocycles. The lowest BCUT2D eigenvalue weighted by Gasteiger charge is -2.04. The monoisotopic (exact) mass is 185 g/mol. The third kappa shape index (κ3) is 4.76. The van der Waals surface area contributed by atoms with Crippen LogP contribution >= 0.6 is 0 Å². The maximum absolute atomic E-state index is 11.0. The highest BCUT2D eigenvalue weighted by atomic mass is 16.6. The zero-order valence-corrected chi connectivity index (χ0v) is 7.44. The first kappa shape index (κ1) is 11.4. The first-order chi connectivity index (χ1) is 6.11. The van der Waals surface area contributed by atoms with E-state index in [1.807, 2.05) is 0 Å². The van der Waals surface area contributed by atoms with Crippen molar-refractivity contribution in [3.8, 4) is 6.07 Å². The van der Waals surface area contributed by atoms with Crippen molar-refractivity contribution < 1.29 is 14.7 Å². The van der Waals surface area contributed by atoms with Crippen molar-refractivity contribution in [3.63, 3.8) is 0 Å². The Morgan fingerprint density at radius 1 is 1.85 bits per heavy atom. The number of nitrogens with one attached hydrogen (secondary N) is 1. The number of amides is 1. The summed E-state index contributed by atoms with van der Waals surface area (Å²) in [6.07, 6.45) is -0.661. The number of oxime groups is 1. The molecule has 1 unspecified atom stereocenters. The first-order valence-corrected chi connectivity index (χ1v) is 3.59. The molecule has 0 fully saturated rings. The highest BCUT2D eigenvalue weighted by Gasteiger charge is 2.11. The molecule has 0 heterocycles. The molecule has 2 N–H and O–H groups in total. The van der Waals surface area contributed by atoms with Crippen molar-refractivity contribution in [1.29, 1.82) is 5.26 Å². The zero-order valence-electron chi connectivity index (χ0n) is 7.44. The zero-order chi connectivity index (χ0) is 10.3. The number of carbonyl (C=O) groups excluding carboxylic acids is 1. The van der Waals surface area contributed by atoms with Crippen molar-refractivity contribution in [2.45, 2.75) is 13.0 Å². The smallest absolute Gasteiger partial charge is 0.284 e. The molecule has 0 saturated carbocycles. The van der Waals surface area contributed by atoms with Crippen molar-refractivity contribution >= 4 is 11.6 Å². The van der Waals surface area contributed by atoms with Gasteiger partial charge in [0.1, 0.15) is 13.2 Å². The third-order valence-electron chi connectivity index (χ3n) is 1.06. The van der Waals surface area contributed by atoms with Crippen molar-refractivity contribution in [2.75, 3.05) is 13.7 Å². The molecule has 6 nitrogen and oxygen atoms in total. The molecule has 0 aliphatic rings. The van der Waals surface area contributed by atoms with Gasteiger partial charge in [-0.1, -0.05) is 5.16 Å². The first-order valence-electron chi connectivity index (χ1n) is 3.59. The van der Waals surface area contributed by atoms with E-state index >= 15 is 0 Å². The number of nitrogens with zero attached hydrogens (tertiary/aromatic N) is 2. The van der Waals surface area contributed by atoms with Crippen LogP contribution in [0.3, 0.4) is 0 Å². The number of carbonyl (C=O) groups is 1. The van der Waals surface area contributed by atoms with E-state index in [0.717, 1.165) is 0 Å². The van der Waals surface area contributed by atoms with E-state index < -0.39 is 12.0 Å². The van der Waals surface area contributed by atoms with Gasteiger partial charge in [-0.2, -0.15) is 5.26 Å². The van der Waals surface area contributed by atoms with Gasteiger partial charge in [0.05, 0.1) is 6.10 Å². The Balaban J connectivity index is 4.10. The van der Waals surface area contributed by atoms with E-state index in [4.69, 9.17) is 10.4 Å². The summed E-state index contributed by atoms with van der Waals surface area (Å²) in [5.74, 6) is -0.662. The van der Waals surface area contributed by atoms with Crippen LogP contribution in [0.4, 0.5) is 0 Å². The van der Waals surface area contributed by atoms with Crippen LogP contribution in [0.2, 0.25) is 0 Å². The Bertz CT molecular complexity index is 242. The molecular formula is C7H11N3O3. The quantitative estimate of drug-likeness (QED) is 0.434. The fourth-order valence-corrected chi connectivity index (χ4v) is 0.528.